The van der Waals surface area contributed by atoms with Crippen LogP contribution < -0.4 is 5.73 Å². The predicted molar refractivity (Wildman–Crippen MR) is 54.4 cm³/mol. The van der Waals surface area contributed by atoms with Gasteiger partial charge in [-0.3, -0.25) is 0 Å². The van der Waals surface area contributed by atoms with E-state index in [1.807, 2.05) is 0 Å². The molecule has 14 heavy (non-hydrogen) atoms. The summed E-state index contributed by atoms with van der Waals surface area (Å²) in [6, 6.07) is 2.16. The fourth-order valence-electron chi connectivity index (χ4n) is 1.11. The fourth-order valence-corrected chi connectivity index (χ4v) is 1.34. The molecule has 0 radical (unpaired) electrons. The standard InChI is InChI=1S/C9H11BrFNO2/c10-9-6(11)3-5(4-8(9)14)7(12)1-2-13/h3-4,7,13-14H,1-2,12H2. The van der Waals surface area contributed by atoms with Crippen molar-refractivity contribution >= 4 is 15.9 Å². The van der Waals surface area contributed by atoms with Gasteiger partial charge in [0, 0.05) is 12.6 Å². The second kappa shape index (κ2) is 4.72. The number of phenolic OH excluding ortho intramolecular Hbond substituents is 1. The Morgan fingerprint density at radius 1 is 1.50 bits per heavy atom. The van der Waals surface area contributed by atoms with E-state index in [1.54, 1.807) is 0 Å². The van der Waals surface area contributed by atoms with Crippen molar-refractivity contribution in [1.29, 1.82) is 0 Å². The number of hydrogen-bond acceptors (Lipinski definition) is 3. The number of nitrogens with two attached hydrogens (primary N) is 1. The number of aliphatic hydroxyl groups excluding tert-OH is 1. The zero-order valence-corrected chi connectivity index (χ0v) is 8.96. The first kappa shape index (κ1) is 11.4. The van der Waals surface area contributed by atoms with Crippen molar-refractivity contribution in [2.24, 2.45) is 5.73 Å². The lowest BCUT2D eigenvalue weighted by Crippen LogP contribution is -2.12. The Labute approximate surface area is 89.5 Å². The summed E-state index contributed by atoms with van der Waals surface area (Å²) in [6.07, 6.45) is 0.334. The molecule has 0 saturated carbocycles. The lowest BCUT2D eigenvalue weighted by molar-refractivity contribution is 0.276. The molecule has 0 saturated heterocycles. The van der Waals surface area contributed by atoms with Gasteiger partial charge < -0.3 is 15.9 Å². The van der Waals surface area contributed by atoms with E-state index in [-0.39, 0.29) is 16.8 Å². The van der Waals surface area contributed by atoms with Crippen LogP contribution in [0.25, 0.3) is 0 Å². The highest BCUT2D eigenvalue weighted by molar-refractivity contribution is 9.10. The Kier molecular flexibility index (Phi) is 3.86. The molecule has 0 bridgehead atoms. The fraction of sp³-hybridized carbons (Fsp3) is 0.333. The zero-order valence-electron chi connectivity index (χ0n) is 7.37. The summed E-state index contributed by atoms with van der Waals surface area (Å²) >= 11 is 2.89. The van der Waals surface area contributed by atoms with Crippen molar-refractivity contribution in [3.63, 3.8) is 0 Å². The van der Waals surface area contributed by atoms with Gasteiger partial charge in [0.1, 0.15) is 11.6 Å². The van der Waals surface area contributed by atoms with Gasteiger partial charge in [0.05, 0.1) is 4.47 Å². The summed E-state index contributed by atoms with van der Waals surface area (Å²) in [5, 5.41) is 17.9. The Bertz CT molecular complexity index is 310. The minimum absolute atomic E-state index is 0.0254. The summed E-state index contributed by atoms with van der Waals surface area (Å²) in [5.74, 6) is -0.748. The van der Waals surface area contributed by atoms with Crippen molar-refractivity contribution in [3.05, 3.63) is 28.0 Å². The Hall–Kier alpha value is -0.650. The molecule has 1 rings (SSSR count). The molecule has 78 valence electrons. The molecule has 0 amide bonds. The summed E-state index contributed by atoms with van der Waals surface area (Å²) in [7, 11) is 0. The molecule has 3 nitrogen and oxygen atoms in total. The van der Waals surface area contributed by atoms with E-state index in [9.17, 15) is 9.50 Å². The minimum Gasteiger partial charge on any atom is -0.507 e. The minimum atomic E-state index is -0.562. The Morgan fingerprint density at radius 3 is 2.64 bits per heavy atom. The van der Waals surface area contributed by atoms with E-state index < -0.39 is 11.9 Å². The number of rotatable bonds is 3. The highest BCUT2D eigenvalue weighted by Gasteiger charge is 2.12. The maximum atomic E-state index is 13.1. The molecule has 1 unspecified atom stereocenters. The number of phenols is 1. The number of hydrogen-bond donors (Lipinski definition) is 3. The van der Waals surface area contributed by atoms with Crippen LogP contribution in [0, 0.1) is 5.82 Å². The molecule has 0 aliphatic carbocycles. The summed E-state index contributed by atoms with van der Waals surface area (Å²) in [6.45, 7) is -0.0698. The largest absolute Gasteiger partial charge is 0.507 e. The number of halogens is 2. The highest BCUT2D eigenvalue weighted by atomic mass is 79.9. The molecule has 1 aromatic carbocycles. The lowest BCUT2D eigenvalue weighted by atomic mass is 10.0. The van der Waals surface area contributed by atoms with Gasteiger partial charge in [0.15, 0.2) is 0 Å². The SMILES string of the molecule is NC(CCO)c1cc(O)c(Br)c(F)c1. The van der Waals surface area contributed by atoms with Gasteiger partial charge in [-0.1, -0.05) is 0 Å². The van der Waals surface area contributed by atoms with E-state index in [0.29, 0.717) is 12.0 Å². The molecule has 0 fully saturated rings. The van der Waals surface area contributed by atoms with E-state index >= 15 is 0 Å². The average molecular weight is 264 g/mol. The lowest BCUT2D eigenvalue weighted by Gasteiger charge is -2.11. The van der Waals surface area contributed by atoms with Crippen molar-refractivity contribution in [2.45, 2.75) is 12.5 Å². The monoisotopic (exact) mass is 263 g/mol. The predicted octanol–water partition coefficient (Wildman–Crippen LogP) is 1.68. The van der Waals surface area contributed by atoms with Gasteiger partial charge in [-0.05, 0) is 40.0 Å². The third kappa shape index (κ3) is 2.43. The quantitative estimate of drug-likeness (QED) is 0.778. The van der Waals surface area contributed by atoms with Crippen LogP contribution in [-0.2, 0) is 0 Å². The van der Waals surface area contributed by atoms with Crippen LogP contribution in [0.1, 0.15) is 18.0 Å². The van der Waals surface area contributed by atoms with Gasteiger partial charge >= 0.3 is 0 Å². The number of aromatic hydroxyl groups is 1. The molecule has 0 spiro atoms. The smallest absolute Gasteiger partial charge is 0.141 e. The van der Waals surface area contributed by atoms with Gasteiger partial charge in [0.25, 0.3) is 0 Å². The summed E-state index contributed by atoms with van der Waals surface area (Å²) < 4.78 is 13.1. The normalized spacial score (nSPS) is 12.9. The summed E-state index contributed by atoms with van der Waals surface area (Å²) in [5.41, 5.74) is 6.11. The van der Waals surface area contributed by atoms with Crippen LogP contribution in [0.15, 0.2) is 16.6 Å². The van der Waals surface area contributed by atoms with Gasteiger partial charge in [-0.15, -0.1) is 0 Å². The second-order valence-corrected chi connectivity index (χ2v) is 3.75. The maximum absolute atomic E-state index is 13.1. The van der Waals surface area contributed by atoms with E-state index in [0.717, 1.165) is 0 Å². The van der Waals surface area contributed by atoms with Crippen LogP contribution in [0.5, 0.6) is 5.75 Å². The first-order valence-electron chi connectivity index (χ1n) is 4.10. The molecule has 1 atom stereocenters. The van der Waals surface area contributed by atoms with Crippen LogP contribution >= 0.6 is 15.9 Å². The molecule has 0 aliphatic heterocycles. The van der Waals surface area contributed by atoms with E-state index in [4.69, 9.17) is 10.8 Å². The van der Waals surface area contributed by atoms with Crippen molar-refractivity contribution < 1.29 is 14.6 Å². The second-order valence-electron chi connectivity index (χ2n) is 2.95. The van der Waals surface area contributed by atoms with Crippen LogP contribution in [0.3, 0.4) is 0 Å². The molecular weight excluding hydrogens is 253 g/mol. The van der Waals surface area contributed by atoms with Gasteiger partial charge in [-0.2, -0.15) is 0 Å². The topological polar surface area (TPSA) is 66.5 Å². The zero-order chi connectivity index (χ0) is 10.7. The third-order valence-electron chi connectivity index (χ3n) is 1.90. The van der Waals surface area contributed by atoms with Crippen LogP contribution in [0.2, 0.25) is 0 Å². The Balaban J connectivity index is 3.00. The van der Waals surface area contributed by atoms with Gasteiger partial charge in [-0.25, -0.2) is 4.39 Å². The highest BCUT2D eigenvalue weighted by Crippen LogP contribution is 2.30. The molecule has 0 aromatic heterocycles. The maximum Gasteiger partial charge on any atom is 0.141 e. The third-order valence-corrected chi connectivity index (χ3v) is 2.68. The van der Waals surface area contributed by atoms with Crippen LogP contribution in [0.4, 0.5) is 4.39 Å². The van der Waals surface area contributed by atoms with E-state index in [1.165, 1.54) is 12.1 Å². The number of benzene rings is 1. The molecule has 5 heteroatoms. The van der Waals surface area contributed by atoms with Crippen LogP contribution in [-0.4, -0.2) is 16.8 Å². The van der Waals surface area contributed by atoms with Crippen molar-refractivity contribution in [3.8, 4) is 5.75 Å². The molecule has 4 N–H and O–H groups in total. The van der Waals surface area contributed by atoms with Crippen molar-refractivity contribution in [2.75, 3.05) is 6.61 Å². The molecule has 0 aliphatic rings. The van der Waals surface area contributed by atoms with E-state index in [2.05, 4.69) is 15.9 Å². The number of aliphatic hydroxyl groups is 1. The van der Waals surface area contributed by atoms with Gasteiger partial charge in [0.2, 0.25) is 0 Å². The molecule has 0 heterocycles. The first-order chi connectivity index (χ1) is 6.56. The summed E-state index contributed by atoms with van der Waals surface area (Å²) in [4.78, 5) is 0. The van der Waals surface area contributed by atoms with Crippen molar-refractivity contribution in [1.82, 2.24) is 0 Å². The molecule has 1 aromatic rings. The Morgan fingerprint density at radius 2 is 2.14 bits per heavy atom. The molecular formula is C9H11BrFNO2. The first-order valence-corrected chi connectivity index (χ1v) is 4.90. The average Bonchev–Trinajstić information content (AvgIpc) is 2.13.